The molecule has 0 saturated heterocycles. The van der Waals surface area contributed by atoms with Gasteiger partial charge in [-0.1, -0.05) is 30.3 Å². The van der Waals surface area contributed by atoms with Crippen LogP contribution in [0.25, 0.3) is 0 Å². The molecule has 1 nitrogen and oxygen atoms in total. The average Bonchev–Trinajstić information content (AvgIpc) is 2.69. The molecule has 0 bridgehead atoms. The quantitative estimate of drug-likeness (QED) is 0.547. The van der Waals surface area contributed by atoms with Gasteiger partial charge >= 0.3 is 0 Å². The van der Waals surface area contributed by atoms with Crippen LogP contribution in [0.1, 0.15) is 11.5 Å². The maximum atomic E-state index is 10.6. The minimum absolute atomic E-state index is 0.0328. The summed E-state index contributed by atoms with van der Waals surface area (Å²) in [6.07, 6.45) is 0.831. The summed E-state index contributed by atoms with van der Waals surface area (Å²) in [4.78, 5) is 10.6. The van der Waals surface area contributed by atoms with E-state index in [1.54, 1.807) is 0 Å². The maximum Gasteiger partial charge on any atom is 0.136 e. The molecule has 0 spiro atoms. The fraction of sp³-hybridized carbons (Fsp3) is 0.300. The monoisotopic (exact) mass is 214 g/mol. The van der Waals surface area contributed by atoms with Gasteiger partial charge in [0.15, 0.2) is 0 Å². The summed E-state index contributed by atoms with van der Waals surface area (Å²) in [5.41, 5.74) is 1.03. The van der Waals surface area contributed by atoms with E-state index in [0.717, 1.165) is 11.8 Å². The number of benzene rings is 1. The van der Waals surface area contributed by atoms with Gasteiger partial charge in [-0.25, -0.2) is 0 Å². The minimum atomic E-state index is -0.886. The van der Waals surface area contributed by atoms with Gasteiger partial charge in [-0.15, -0.1) is 23.2 Å². The van der Waals surface area contributed by atoms with Crippen molar-refractivity contribution in [2.75, 3.05) is 0 Å². The molecule has 0 amide bonds. The van der Waals surface area contributed by atoms with Crippen molar-refractivity contribution in [3.8, 4) is 0 Å². The van der Waals surface area contributed by atoms with E-state index in [4.69, 9.17) is 23.2 Å². The Morgan fingerprint density at radius 2 is 1.85 bits per heavy atom. The summed E-state index contributed by atoms with van der Waals surface area (Å²) >= 11 is 11.9. The summed E-state index contributed by atoms with van der Waals surface area (Å²) in [5, 5.41) is 0. The first-order valence-electron chi connectivity index (χ1n) is 4.06. The summed E-state index contributed by atoms with van der Waals surface area (Å²) in [6, 6.07) is 9.63. The zero-order chi connectivity index (χ0) is 9.47. The third-order valence-corrected chi connectivity index (χ3v) is 3.39. The van der Waals surface area contributed by atoms with Crippen molar-refractivity contribution in [3.63, 3.8) is 0 Å². The summed E-state index contributed by atoms with van der Waals surface area (Å²) in [7, 11) is 0. The Bertz CT molecular complexity index is 321. The Morgan fingerprint density at radius 1 is 1.23 bits per heavy atom. The lowest BCUT2D eigenvalue weighted by Crippen LogP contribution is -1.90. The first kappa shape index (κ1) is 9.04. The molecule has 13 heavy (non-hydrogen) atoms. The molecule has 68 valence electrons. The number of carbonyl (C=O) groups excluding carboxylic acids is 1. The predicted octanol–water partition coefficient (Wildman–Crippen LogP) is 2.77. The second-order valence-electron chi connectivity index (χ2n) is 3.22. The van der Waals surface area contributed by atoms with Crippen LogP contribution >= 0.6 is 23.2 Å². The number of alkyl halides is 2. The first-order valence-corrected chi connectivity index (χ1v) is 4.81. The molecule has 1 unspecified atom stereocenters. The van der Waals surface area contributed by atoms with Crippen LogP contribution in [0.4, 0.5) is 0 Å². The highest BCUT2D eigenvalue weighted by Gasteiger charge is 2.63. The molecule has 0 aliphatic heterocycles. The van der Waals surface area contributed by atoms with Crippen LogP contribution in [0.2, 0.25) is 0 Å². The van der Waals surface area contributed by atoms with Crippen LogP contribution < -0.4 is 0 Å². The number of hydrogen-bond donors (Lipinski definition) is 0. The lowest BCUT2D eigenvalue weighted by molar-refractivity contribution is -0.108. The molecule has 0 aromatic heterocycles. The second kappa shape index (κ2) is 3.00. The predicted molar refractivity (Wildman–Crippen MR) is 53.2 cm³/mol. The molecule has 1 aromatic carbocycles. The van der Waals surface area contributed by atoms with Gasteiger partial charge in [0.25, 0.3) is 0 Å². The Hall–Kier alpha value is -0.530. The molecule has 2 atom stereocenters. The van der Waals surface area contributed by atoms with E-state index in [2.05, 4.69) is 0 Å². The van der Waals surface area contributed by atoms with Gasteiger partial charge in [0.1, 0.15) is 10.6 Å². The van der Waals surface area contributed by atoms with Crippen molar-refractivity contribution in [3.05, 3.63) is 35.9 Å². The van der Waals surface area contributed by atoms with E-state index in [1.807, 2.05) is 30.3 Å². The zero-order valence-corrected chi connectivity index (χ0v) is 8.29. The molecule has 3 heteroatoms. The number of carbonyl (C=O) groups is 1. The van der Waals surface area contributed by atoms with Crippen molar-refractivity contribution in [2.24, 2.45) is 5.92 Å². The van der Waals surface area contributed by atoms with E-state index in [9.17, 15) is 4.79 Å². The standard InChI is InChI=1S/C10H8Cl2O/c11-10(12)8(6-13)9(10)7-4-2-1-3-5-7/h1-6,8-9H/t8-,9?/m1/s1. The van der Waals surface area contributed by atoms with Crippen molar-refractivity contribution < 1.29 is 4.79 Å². The van der Waals surface area contributed by atoms with Gasteiger partial charge < -0.3 is 4.79 Å². The molecular weight excluding hydrogens is 207 g/mol. The number of halogens is 2. The van der Waals surface area contributed by atoms with Gasteiger partial charge in [0.2, 0.25) is 0 Å². The normalized spacial score (nSPS) is 29.7. The Kier molecular flexibility index (Phi) is 2.09. The highest BCUT2D eigenvalue weighted by molar-refractivity contribution is 6.53. The highest BCUT2D eigenvalue weighted by Crippen LogP contribution is 2.63. The summed E-state index contributed by atoms with van der Waals surface area (Å²) in [6.45, 7) is 0. The topological polar surface area (TPSA) is 17.1 Å². The smallest absolute Gasteiger partial charge is 0.136 e. The van der Waals surface area contributed by atoms with Crippen molar-refractivity contribution >= 4 is 29.5 Å². The molecule has 2 rings (SSSR count). The van der Waals surface area contributed by atoms with Crippen LogP contribution in [0, 0.1) is 5.92 Å². The Labute approximate surface area is 86.7 Å². The molecule has 0 radical (unpaired) electrons. The van der Waals surface area contributed by atoms with Crippen LogP contribution in [0.5, 0.6) is 0 Å². The molecular formula is C10H8Cl2O. The second-order valence-corrected chi connectivity index (χ2v) is 4.67. The highest BCUT2D eigenvalue weighted by atomic mass is 35.5. The molecule has 0 heterocycles. The van der Waals surface area contributed by atoms with E-state index >= 15 is 0 Å². The van der Waals surface area contributed by atoms with Crippen LogP contribution in [0.3, 0.4) is 0 Å². The largest absolute Gasteiger partial charge is 0.303 e. The van der Waals surface area contributed by atoms with E-state index in [-0.39, 0.29) is 11.8 Å². The molecule has 0 N–H and O–H groups in total. The third kappa shape index (κ3) is 1.36. The van der Waals surface area contributed by atoms with Gasteiger partial charge in [-0.3, -0.25) is 0 Å². The van der Waals surface area contributed by atoms with Crippen molar-refractivity contribution in [2.45, 2.75) is 10.3 Å². The number of hydrogen-bond acceptors (Lipinski definition) is 1. The molecule has 1 aliphatic carbocycles. The lowest BCUT2D eigenvalue weighted by Gasteiger charge is -1.97. The van der Waals surface area contributed by atoms with Crippen LogP contribution in [0.15, 0.2) is 30.3 Å². The molecule has 1 fully saturated rings. The number of rotatable bonds is 2. The SMILES string of the molecule is O=C[C@@H]1C(c2ccccc2)C1(Cl)Cl. The Balaban J connectivity index is 2.27. The number of aldehydes is 1. The average molecular weight is 215 g/mol. The fourth-order valence-corrected chi connectivity index (χ4v) is 2.36. The molecule has 1 aromatic rings. The fourth-order valence-electron chi connectivity index (χ4n) is 1.61. The summed E-state index contributed by atoms with van der Waals surface area (Å²) < 4.78 is -0.886. The first-order chi connectivity index (χ1) is 6.18. The van der Waals surface area contributed by atoms with Crippen molar-refractivity contribution in [1.29, 1.82) is 0 Å². The van der Waals surface area contributed by atoms with Gasteiger partial charge in [0.05, 0.1) is 5.92 Å². The van der Waals surface area contributed by atoms with Gasteiger partial charge in [-0.2, -0.15) is 0 Å². The maximum absolute atomic E-state index is 10.6. The zero-order valence-electron chi connectivity index (χ0n) is 6.78. The van der Waals surface area contributed by atoms with E-state index in [1.165, 1.54) is 0 Å². The minimum Gasteiger partial charge on any atom is -0.303 e. The lowest BCUT2D eigenvalue weighted by atomic mass is 10.1. The van der Waals surface area contributed by atoms with Gasteiger partial charge in [0, 0.05) is 5.92 Å². The summed E-state index contributed by atoms with van der Waals surface area (Å²) in [5.74, 6) is -0.284. The third-order valence-electron chi connectivity index (χ3n) is 2.41. The van der Waals surface area contributed by atoms with Crippen LogP contribution in [-0.2, 0) is 4.79 Å². The van der Waals surface area contributed by atoms with Gasteiger partial charge in [-0.05, 0) is 5.56 Å². The Morgan fingerprint density at radius 3 is 2.31 bits per heavy atom. The van der Waals surface area contributed by atoms with E-state index in [0.29, 0.717) is 0 Å². The molecule has 1 saturated carbocycles. The van der Waals surface area contributed by atoms with E-state index < -0.39 is 4.33 Å². The van der Waals surface area contributed by atoms with Crippen molar-refractivity contribution in [1.82, 2.24) is 0 Å². The van der Waals surface area contributed by atoms with Crippen LogP contribution in [-0.4, -0.2) is 10.6 Å². The molecule has 1 aliphatic rings.